The monoisotopic (exact) mass is 299 g/mol. The fourth-order valence-corrected chi connectivity index (χ4v) is 1.43. The van der Waals surface area contributed by atoms with Crippen molar-refractivity contribution in [3.05, 3.63) is 21.0 Å². The van der Waals surface area contributed by atoms with Crippen LogP contribution >= 0.6 is 34.2 Å². The van der Waals surface area contributed by atoms with Crippen LogP contribution in [0.5, 0.6) is 5.75 Å². The van der Waals surface area contributed by atoms with Gasteiger partial charge in [-0.15, -0.1) is 0 Å². The highest BCUT2D eigenvalue weighted by molar-refractivity contribution is 14.1. The lowest BCUT2D eigenvalue weighted by Crippen LogP contribution is -2.02. The quantitative estimate of drug-likeness (QED) is 0.682. The Morgan fingerprint density at radius 1 is 1.58 bits per heavy atom. The van der Waals surface area contributed by atoms with Gasteiger partial charge in [0.15, 0.2) is 10.9 Å². The van der Waals surface area contributed by atoms with Gasteiger partial charge >= 0.3 is 0 Å². The molecule has 0 saturated heterocycles. The zero-order valence-corrected chi connectivity index (χ0v) is 9.04. The molecule has 0 aliphatic rings. The number of rotatable bonds is 3. The van der Waals surface area contributed by atoms with Crippen LogP contribution in [0.2, 0.25) is 5.15 Å². The van der Waals surface area contributed by atoms with Gasteiger partial charge in [0.1, 0.15) is 10.3 Å². The van der Waals surface area contributed by atoms with Crippen LogP contribution in [-0.4, -0.2) is 23.3 Å². The summed E-state index contributed by atoms with van der Waals surface area (Å²) in [6, 6.07) is 3.52. The van der Waals surface area contributed by atoms with Crippen LogP contribution in [0.25, 0.3) is 0 Å². The number of nitrogens with zero attached hydrogens (tertiary/aromatic N) is 1. The van der Waals surface area contributed by atoms with Crippen LogP contribution in [0, 0.1) is 3.70 Å². The number of aliphatic hydroxyl groups excluding tert-OH is 1. The van der Waals surface area contributed by atoms with Crippen molar-refractivity contribution in [2.45, 2.75) is 0 Å². The van der Waals surface area contributed by atoms with Gasteiger partial charge in [-0.05, 0) is 34.7 Å². The maximum absolute atomic E-state index is 8.48. The van der Waals surface area contributed by atoms with E-state index >= 15 is 0 Å². The van der Waals surface area contributed by atoms with E-state index in [9.17, 15) is 0 Å². The zero-order chi connectivity index (χ0) is 8.97. The third kappa shape index (κ3) is 2.76. The van der Waals surface area contributed by atoms with Crippen molar-refractivity contribution >= 4 is 34.2 Å². The van der Waals surface area contributed by atoms with E-state index in [-0.39, 0.29) is 13.2 Å². The number of aliphatic hydroxyl groups is 1. The first-order valence-corrected chi connectivity index (χ1v) is 4.75. The van der Waals surface area contributed by atoms with Crippen LogP contribution < -0.4 is 4.74 Å². The molecular formula is C7H7ClINO2. The van der Waals surface area contributed by atoms with E-state index in [1.165, 1.54) is 0 Å². The second-order valence-electron chi connectivity index (χ2n) is 1.99. The van der Waals surface area contributed by atoms with Crippen molar-refractivity contribution in [2.75, 3.05) is 13.2 Å². The van der Waals surface area contributed by atoms with E-state index < -0.39 is 0 Å². The largest absolute Gasteiger partial charge is 0.488 e. The molecule has 0 unspecified atom stereocenters. The van der Waals surface area contributed by atoms with Gasteiger partial charge in [0.25, 0.3) is 0 Å². The molecule has 0 saturated carbocycles. The Bertz CT molecular complexity index is 270. The predicted octanol–water partition coefficient (Wildman–Crippen LogP) is 1.71. The summed E-state index contributed by atoms with van der Waals surface area (Å²) in [6.07, 6.45) is 0. The molecule has 12 heavy (non-hydrogen) atoms. The second-order valence-corrected chi connectivity index (χ2v) is 3.46. The van der Waals surface area contributed by atoms with Crippen LogP contribution in [0.1, 0.15) is 0 Å². The van der Waals surface area contributed by atoms with Gasteiger partial charge < -0.3 is 9.84 Å². The number of hydrogen-bond acceptors (Lipinski definition) is 3. The van der Waals surface area contributed by atoms with Gasteiger partial charge in [-0.2, -0.15) is 0 Å². The normalized spacial score (nSPS) is 9.92. The maximum atomic E-state index is 8.48. The molecule has 0 spiro atoms. The number of hydrogen-bond donors (Lipinski definition) is 1. The van der Waals surface area contributed by atoms with Crippen molar-refractivity contribution < 1.29 is 9.84 Å². The fraction of sp³-hybridized carbons (Fsp3) is 0.286. The van der Waals surface area contributed by atoms with Crippen LogP contribution in [0.4, 0.5) is 0 Å². The van der Waals surface area contributed by atoms with E-state index in [0.29, 0.717) is 10.9 Å². The highest BCUT2D eigenvalue weighted by Crippen LogP contribution is 2.22. The Kier molecular flexibility index (Phi) is 4.03. The van der Waals surface area contributed by atoms with E-state index in [1.54, 1.807) is 12.1 Å². The lowest BCUT2D eigenvalue weighted by atomic mass is 10.5. The maximum Gasteiger partial charge on any atom is 0.172 e. The van der Waals surface area contributed by atoms with Crippen molar-refractivity contribution in [2.24, 2.45) is 0 Å². The SMILES string of the molecule is OCCOc1ccc(I)nc1Cl. The Morgan fingerprint density at radius 3 is 2.92 bits per heavy atom. The Balaban J connectivity index is 2.72. The molecule has 0 atom stereocenters. The Hall–Kier alpha value is -0.0700. The van der Waals surface area contributed by atoms with Crippen molar-refractivity contribution in [1.29, 1.82) is 0 Å². The van der Waals surface area contributed by atoms with Crippen molar-refractivity contribution in [3.8, 4) is 5.75 Å². The van der Waals surface area contributed by atoms with E-state index in [1.807, 2.05) is 0 Å². The summed E-state index contributed by atoms with van der Waals surface area (Å²) in [6.45, 7) is 0.213. The molecule has 0 amide bonds. The molecule has 0 radical (unpaired) electrons. The smallest absolute Gasteiger partial charge is 0.172 e. The van der Waals surface area contributed by atoms with Crippen LogP contribution in [-0.2, 0) is 0 Å². The number of pyridine rings is 1. The molecule has 0 aliphatic heterocycles. The summed E-state index contributed by atoms with van der Waals surface area (Å²) >= 11 is 7.80. The number of aromatic nitrogens is 1. The molecule has 1 N–H and O–H groups in total. The predicted molar refractivity (Wildman–Crippen MR) is 54.5 cm³/mol. The van der Waals surface area contributed by atoms with E-state index in [0.717, 1.165) is 3.70 Å². The molecule has 0 fully saturated rings. The Labute approximate surface area is 88.9 Å². The summed E-state index contributed by atoms with van der Waals surface area (Å²) in [5.74, 6) is 0.506. The summed E-state index contributed by atoms with van der Waals surface area (Å²) in [4.78, 5) is 3.97. The average Bonchev–Trinajstić information content (AvgIpc) is 2.03. The molecule has 1 rings (SSSR count). The molecule has 0 aromatic carbocycles. The first kappa shape index (κ1) is 10.0. The molecule has 5 heteroatoms. The average molecular weight is 299 g/mol. The van der Waals surface area contributed by atoms with E-state index in [4.69, 9.17) is 21.4 Å². The van der Waals surface area contributed by atoms with Gasteiger partial charge in [-0.1, -0.05) is 11.6 Å². The fourth-order valence-electron chi connectivity index (χ4n) is 0.663. The topological polar surface area (TPSA) is 42.4 Å². The van der Waals surface area contributed by atoms with E-state index in [2.05, 4.69) is 27.6 Å². The first-order valence-electron chi connectivity index (χ1n) is 3.29. The highest BCUT2D eigenvalue weighted by atomic mass is 127. The minimum absolute atomic E-state index is 0.0255. The zero-order valence-electron chi connectivity index (χ0n) is 6.13. The summed E-state index contributed by atoms with van der Waals surface area (Å²) in [7, 11) is 0. The third-order valence-electron chi connectivity index (χ3n) is 1.13. The standard InChI is InChI=1S/C7H7ClINO2/c8-7-5(12-4-3-11)1-2-6(9)10-7/h1-2,11H,3-4H2. The first-order chi connectivity index (χ1) is 5.74. The lowest BCUT2D eigenvalue weighted by Gasteiger charge is -2.04. The molecule has 1 heterocycles. The highest BCUT2D eigenvalue weighted by Gasteiger charge is 2.02. The van der Waals surface area contributed by atoms with Crippen LogP contribution in [0.15, 0.2) is 12.1 Å². The molecule has 3 nitrogen and oxygen atoms in total. The van der Waals surface area contributed by atoms with Gasteiger partial charge in [0.2, 0.25) is 0 Å². The van der Waals surface area contributed by atoms with Gasteiger partial charge in [0, 0.05) is 0 Å². The minimum atomic E-state index is -0.0255. The van der Waals surface area contributed by atoms with Crippen LogP contribution in [0.3, 0.4) is 0 Å². The van der Waals surface area contributed by atoms with Gasteiger partial charge in [-0.25, -0.2) is 4.98 Å². The van der Waals surface area contributed by atoms with Gasteiger partial charge in [-0.3, -0.25) is 0 Å². The molecular weight excluding hydrogens is 292 g/mol. The second kappa shape index (κ2) is 4.84. The summed E-state index contributed by atoms with van der Waals surface area (Å²) in [5, 5.41) is 8.81. The lowest BCUT2D eigenvalue weighted by molar-refractivity contribution is 0.201. The molecule has 66 valence electrons. The molecule has 0 aliphatic carbocycles. The Morgan fingerprint density at radius 2 is 2.33 bits per heavy atom. The van der Waals surface area contributed by atoms with Crippen molar-refractivity contribution in [3.63, 3.8) is 0 Å². The van der Waals surface area contributed by atoms with Crippen molar-refractivity contribution in [1.82, 2.24) is 4.98 Å². The number of halogens is 2. The van der Waals surface area contributed by atoms with Gasteiger partial charge in [0.05, 0.1) is 6.61 Å². The molecule has 0 bridgehead atoms. The number of ether oxygens (including phenoxy) is 1. The molecule has 1 aromatic heterocycles. The molecule has 1 aromatic rings. The minimum Gasteiger partial charge on any atom is -0.488 e. The third-order valence-corrected chi connectivity index (χ3v) is 2.00. The summed E-state index contributed by atoms with van der Waals surface area (Å²) in [5.41, 5.74) is 0. The summed E-state index contributed by atoms with van der Waals surface area (Å²) < 4.78 is 5.91.